The predicted molar refractivity (Wildman–Crippen MR) is 58.3 cm³/mol. The van der Waals surface area contributed by atoms with Crippen molar-refractivity contribution in [1.82, 2.24) is 0 Å². The quantitative estimate of drug-likeness (QED) is 0.445. The van der Waals surface area contributed by atoms with Gasteiger partial charge < -0.3 is 9.15 Å². The minimum atomic E-state index is -0.725. The molecule has 0 fully saturated rings. The summed E-state index contributed by atoms with van der Waals surface area (Å²) < 4.78 is 9.56. The lowest BCUT2D eigenvalue weighted by Crippen LogP contribution is -2.13. The zero-order valence-corrected chi connectivity index (χ0v) is 9.15. The molecule has 0 saturated carbocycles. The Bertz CT molecular complexity index is 438. The minimum absolute atomic E-state index is 0.180. The number of esters is 2. The van der Waals surface area contributed by atoms with Crippen LogP contribution in [-0.4, -0.2) is 11.9 Å². The number of furan rings is 1. The van der Waals surface area contributed by atoms with Gasteiger partial charge in [0, 0.05) is 11.1 Å². The van der Waals surface area contributed by atoms with Crippen LogP contribution in [0.15, 0.2) is 40.5 Å². The first-order valence-electron chi connectivity index (χ1n) is 4.64. The van der Waals surface area contributed by atoms with Crippen molar-refractivity contribution in [2.75, 3.05) is 0 Å². The number of carbonyl (C=O) groups is 2. The monoisotopic (exact) mass is 220 g/mol. The van der Waals surface area contributed by atoms with Crippen molar-refractivity contribution < 1.29 is 18.7 Å². The number of ether oxygens (including phenoxy) is 1. The van der Waals surface area contributed by atoms with E-state index in [0.29, 0.717) is 5.76 Å². The molecule has 0 amide bonds. The van der Waals surface area contributed by atoms with Gasteiger partial charge in [0.25, 0.3) is 0 Å². The van der Waals surface area contributed by atoms with Crippen LogP contribution in [-0.2, 0) is 14.3 Å². The molecule has 1 heterocycles. The highest BCUT2D eigenvalue weighted by Gasteiger charge is 2.12. The van der Waals surface area contributed by atoms with Gasteiger partial charge in [-0.2, -0.15) is 0 Å². The summed E-state index contributed by atoms with van der Waals surface area (Å²) >= 11 is 0. The Labute approximate surface area is 93.2 Å². The predicted octanol–water partition coefficient (Wildman–Crippen LogP) is 2.33. The average molecular weight is 220 g/mol. The van der Waals surface area contributed by atoms with Gasteiger partial charge in [-0.25, -0.2) is 9.59 Å². The lowest BCUT2D eigenvalue weighted by Gasteiger charge is -2.01. The smallest absolute Gasteiger partial charge is 0.341 e. The summed E-state index contributed by atoms with van der Waals surface area (Å²) in [5.41, 5.74) is 0.462. The van der Waals surface area contributed by atoms with E-state index in [1.807, 2.05) is 0 Å². The molecule has 0 aliphatic carbocycles. The molecule has 4 nitrogen and oxygen atoms in total. The molecule has 1 aromatic rings. The highest BCUT2D eigenvalue weighted by Crippen LogP contribution is 2.09. The molecule has 0 radical (unpaired) electrons. The fourth-order valence-electron chi connectivity index (χ4n) is 0.898. The lowest BCUT2D eigenvalue weighted by atomic mass is 10.2. The molecule has 16 heavy (non-hydrogen) atoms. The summed E-state index contributed by atoms with van der Waals surface area (Å²) in [6.07, 6.45) is 2.98. The third-order valence-corrected chi connectivity index (χ3v) is 1.76. The molecule has 0 bridgehead atoms. The van der Waals surface area contributed by atoms with Gasteiger partial charge in [-0.1, -0.05) is 6.58 Å². The zero-order chi connectivity index (χ0) is 12.1. The van der Waals surface area contributed by atoms with Gasteiger partial charge in [-0.05, 0) is 32.1 Å². The molecule has 0 spiro atoms. The number of rotatable bonds is 3. The van der Waals surface area contributed by atoms with Crippen molar-refractivity contribution in [3.05, 3.63) is 41.9 Å². The van der Waals surface area contributed by atoms with E-state index < -0.39 is 11.9 Å². The molecule has 84 valence electrons. The van der Waals surface area contributed by atoms with Gasteiger partial charge in [0.05, 0.1) is 6.26 Å². The van der Waals surface area contributed by atoms with Crippen LogP contribution < -0.4 is 0 Å². The van der Waals surface area contributed by atoms with Crippen LogP contribution in [0.1, 0.15) is 19.6 Å². The molecule has 0 aromatic carbocycles. The van der Waals surface area contributed by atoms with Gasteiger partial charge in [-0.3, -0.25) is 0 Å². The van der Waals surface area contributed by atoms with E-state index in [4.69, 9.17) is 4.42 Å². The van der Waals surface area contributed by atoms with Gasteiger partial charge in [0.2, 0.25) is 0 Å². The third-order valence-electron chi connectivity index (χ3n) is 1.76. The summed E-state index contributed by atoms with van der Waals surface area (Å²) in [6.45, 7) is 6.39. The van der Waals surface area contributed by atoms with Crippen molar-refractivity contribution in [1.29, 1.82) is 0 Å². The van der Waals surface area contributed by atoms with E-state index in [1.165, 1.54) is 26.2 Å². The molecule has 0 aliphatic rings. The summed E-state index contributed by atoms with van der Waals surface area (Å²) in [5, 5.41) is 0. The van der Waals surface area contributed by atoms with Gasteiger partial charge >= 0.3 is 11.9 Å². The number of hydrogen-bond donors (Lipinski definition) is 0. The Kier molecular flexibility index (Phi) is 3.83. The Morgan fingerprint density at radius 3 is 2.56 bits per heavy atom. The molecule has 1 rings (SSSR count). The van der Waals surface area contributed by atoms with Crippen LogP contribution in [0, 0.1) is 0 Å². The van der Waals surface area contributed by atoms with E-state index in [1.54, 1.807) is 12.1 Å². The van der Waals surface area contributed by atoms with Gasteiger partial charge in [-0.15, -0.1) is 0 Å². The molecule has 4 heteroatoms. The summed E-state index contributed by atoms with van der Waals surface area (Å²) in [5.74, 6) is -0.904. The standard InChI is InChI=1S/C12H12O4/c1-8(2)11(13)16-12(14)9(3)7-10-5-4-6-15-10/h4-7H,1H2,2-3H3. The fraction of sp³-hybridized carbons (Fsp3) is 0.167. The Morgan fingerprint density at radius 1 is 1.38 bits per heavy atom. The van der Waals surface area contributed by atoms with E-state index in [0.717, 1.165) is 0 Å². The Balaban J connectivity index is 2.68. The van der Waals surface area contributed by atoms with Crippen molar-refractivity contribution in [2.45, 2.75) is 13.8 Å². The van der Waals surface area contributed by atoms with Crippen molar-refractivity contribution >= 4 is 18.0 Å². The molecule has 0 N–H and O–H groups in total. The van der Waals surface area contributed by atoms with Crippen LogP contribution in [0.5, 0.6) is 0 Å². The molecule has 0 unspecified atom stereocenters. The van der Waals surface area contributed by atoms with E-state index in [-0.39, 0.29) is 11.1 Å². The molecular formula is C12H12O4. The van der Waals surface area contributed by atoms with Crippen LogP contribution in [0.2, 0.25) is 0 Å². The topological polar surface area (TPSA) is 56.5 Å². The first kappa shape index (κ1) is 12.0. The summed E-state index contributed by atoms with van der Waals surface area (Å²) in [4.78, 5) is 22.5. The van der Waals surface area contributed by atoms with Crippen molar-refractivity contribution in [2.24, 2.45) is 0 Å². The Morgan fingerprint density at radius 2 is 2.06 bits per heavy atom. The molecule has 0 saturated heterocycles. The summed E-state index contributed by atoms with van der Waals surface area (Å²) in [7, 11) is 0. The molecule has 0 aliphatic heterocycles. The Hall–Kier alpha value is -2.10. The maximum atomic E-state index is 11.4. The highest BCUT2D eigenvalue weighted by molar-refractivity contribution is 6.02. The second-order valence-corrected chi connectivity index (χ2v) is 3.30. The molecule has 1 aromatic heterocycles. The molecular weight excluding hydrogens is 208 g/mol. The molecule has 0 atom stereocenters. The van der Waals surface area contributed by atoms with Crippen LogP contribution in [0.4, 0.5) is 0 Å². The van der Waals surface area contributed by atoms with Gasteiger partial charge in [0.15, 0.2) is 0 Å². The summed E-state index contributed by atoms with van der Waals surface area (Å²) in [6, 6.07) is 3.39. The normalized spacial score (nSPS) is 11.0. The van der Waals surface area contributed by atoms with E-state index in [9.17, 15) is 9.59 Å². The second kappa shape index (κ2) is 5.11. The maximum Gasteiger partial charge on any atom is 0.341 e. The largest absolute Gasteiger partial charge is 0.465 e. The third kappa shape index (κ3) is 3.24. The zero-order valence-electron chi connectivity index (χ0n) is 9.15. The SMILES string of the molecule is C=C(C)C(=O)OC(=O)C(C)=Cc1ccco1. The number of hydrogen-bond acceptors (Lipinski definition) is 4. The first-order valence-corrected chi connectivity index (χ1v) is 4.64. The number of carbonyl (C=O) groups excluding carboxylic acids is 2. The van der Waals surface area contributed by atoms with Crippen LogP contribution in [0.25, 0.3) is 6.08 Å². The second-order valence-electron chi connectivity index (χ2n) is 3.30. The van der Waals surface area contributed by atoms with Crippen LogP contribution >= 0.6 is 0 Å². The fourth-order valence-corrected chi connectivity index (χ4v) is 0.898. The van der Waals surface area contributed by atoms with Crippen molar-refractivity contribution in [3.8, 4) is 0 Å². The average Bonchev–Trinajstić information content (AvgIpc) is 2.69. The minimum Gasteiger partial charge on any atom is -0.465 e. The van der Waals surface area contributed by atoms with Crippen molar-refractivity contribution in [3.63, 3.8) is 0 Å². The maximum absolute atomic E-state index is 11.4. The lowest BCUT2D eigenvalue weighted by molar-refractivity contribution is -0.153. The van der Waals surface area contributed by atoms with Gasteiger partial charge in [0.1, 0.15) is 5.76 Å². The first-order chi connectivity index (χ1) is 7.50. The van der Waals surface area contributed by atoms with E-state index in [2.05, 4.69) is 11.3 Å². The van der Waals surface area contributed by atoms with Crippen LogP contribution in [0.3, 0.4) is 0 Å². The highest BCUT2D eigenvalue weighted by atomic mass is 16.6. The van der Waals surface area contributed by atoms with E-state index >= 15 is 0 Å².